The van der Waals surface area contributed by atoms with Crippen LogP contribution in [-0.2, 0) is 13.1 Å². The van der Waals surface area contributed by atoms with Gasteiger partial charge in [-0.1, -0.05) is 6.07 Å². The molecule has 0 bridgehead atoms. The van der Waals surface area contributed by atoms with Crippen LogP contribution in [0.1, 0.15) is 11.3 Å². The lowest BCUT2D eigenvalue weighted by molar-refractivity contribution is -1.02. The van der Waals surface area contributed by atoms with Gasteiger partial charge in [0.25, 0.3) is 0 Å². The third-order valence-corrected chi connectivity index (χ3v) is 4.72. The van der Waals surface area contributed by atoms with E-state index in [1.165, 1.54) is 37.4 Å². The maximum absolute atomic E-state index is 5.40. The molecule has 1 aromatic carbocycles. The number of nitrogens with one attached hydrogen (secondary N) is 2. The number of benzene rings is 1. The van der Waals surface area contributed by atoms with Crippen LogP contribution in [0, 0.1) is 0 Å². The molecular weight excluding hydrogens is 302 g/mol. The first-order valence-corrected chi connectivity index (χ1v) is 8.56. The van der Waals surface area contributed by atoms with Gasteiger partial charge in [-0.05, 0) is 30.3 Å². The van der Waals surface area contributed by atoms with Gasteiger partial charge in [-0.2, -0.15) is 0 Å². The van der Waals surface area contributed by atoms with Crippen molar-refractivity contribution >= 4 is 0 Å². The fraction of sp³-hybridized carbons (Fsp3) is 0.421. The summed E-state index contributed by atoms with van der Waals surface area (Å²) in [7, 11) is 3.36. The van der Waals surface area contributed by atoms with E-state index in [-0.39, 0.29) is 0 Å². The molecule has 0 saturated carbocycles. The molecule has 1 aliphatic rings. The minimum atomic E-state index is 0.792. The van der Waals surface area contributed by atoms with Crippen molar-refractivity contribution in [2.75, 3.05) is 40.4 Å². The third kappa shape index (κ3) is 4.24. The number of aromatic nitrogens is 1. The van der Waals surface area contributed by atoms with Gasteiger partial charge in [0.2, 0.25) is 0 Å². The van der Waals surface area contributed by atoms with Gasteiger partial charge in [-0.25, -0.2) is 0 Å². The van der Waals surface area contributed by atoms with E-state index >= 15 is 0 Å². The monoisotopic (exact) mass is 329 g/mol. The van der Waals surface area contributed by atoms with Gasteiger partial charge in [-0.3, -0.25) is 4.98 Å². The molecule has 0 amide bonds. The third-order valence-electron chi connectivity index (χ3n) is 4.72. The molecule has 0 spiro atoms. The number of piperazine rings is 1. The molecule has 3 rings (SSSR count). The quantitative estimate of drug-likeness (QED) is 0.756. The van der Waals surface area contributed by atoms with Crippen LogP contribution in [0.2, 0.25) is 0 Å². The second-order valence-electron chi connectivity index (χ2n) is 6.36. The molecule has 1 saturated heterocycles. The Morgan fingerprint density at radius 2 is 1.58 bits per heavy atom. The molecule has 2 N–H and O–H groups in total. The summed E-state index contributed by atoms with van der Waals surface area (Å²) >= 11 is 0. The van der Waals surface area contributed by atoms with Crippen molar-refractivity contribution in [3.63, 3.8) is 0 Å². The molecule has 24 heavy (non-hydrogen) atoms. The Hall–Kier alpha value is -2.11. The lowest BCUT2D eigenvalue weighted by Gasteiger charge is -2.29. The van der Waals surface area contributed by atoms with Crippen LogP contribution in [0.5, 0.6) is 11.5 Å². The van der Waals surface area contributed by atoms with Crippen molar-refractivity contribution in [2.45, 2.75) is 13.1 Å². The van der Waals surface area contributed by atoms with Crippen LogP contribution in [-0.4, -0.2) is 45.4 Å². The highest BCUT2D eigenvalue weighted by molar-refractivity contribution is 5.42. The summed E-state index contributed by atoms with van der Waals surface area (Å²) in [6, 6.07) is 12.4. The SMILES string of the molecule is COc1ccc(C[NH+]2CC[NH+](Cc3ccccn3)CC2)cc1OC. The summed E-state index contributed by atoms with van der Waals surface area (Å²) in [5.74, 6) is 1.61. The predicted molar refractivity (Wildman–Crippen MR) is 92.6 cm³/mol. The first-order chi connectivity index (χ1) is 11.8. The van der Waals surface area contributed by atoms with Crippen molar-refractivity contribution < 1.29 is 19.3 Å². The second-order valence-corrected chi connectivity index (χ2v) is 6.36. The number of nitrogens with zero attached hydrogens (tertiary/aromatic N) is 1. The van der Waals surface area contributed by atoms with Crippen molar-refractivity contribution in [3.8, 4) is 11.5 Å². The zero-order valence-corrected chi connectivity index (χ0v) is 14.5. The Balaban J connectivity index is 1.52. The Labute approximate surface area is 143 Å². The van der Waals surface area contributed by atoms with Gasteiger partial charge < -0.3 is 19.3 Å². The predicted octanol–water partition coefficient (Wildman–Crippen LogP) is -0.418. The van der Waals surface area contributed by atoms with Crippen LogP contribution < -0.4 is 19.3 Å². The molecule has 1 fully saturated rings. The molecule has 1 aliphatic heterocycles. The topological polar surface area (TPSA) is 40.2 Å². The maximum atomic E-state index is 5.40. The van der Waals surface area contributed by atoms with E-state index in [2.05, 4.69) is 29.2 Å². The zero-order valence-electron chi connectivity index (χ0n) is 14.5. The lowest BCUT2D eigenvalue weighted by Crippen LogP contribution is -3.27. The highest BCUT2D eigenvalue weighted by atomic mass is 16.5. The summed E-state index contributed by atoms with van der Waals surface area (Å²) in [6.45, 7) is 6.84. The fourth-order valence-electron chi connectivity index (χ4n) is 3.35. The number of quaternary nitrogens is 2. The van der Waals surface area contributed by atoms with Crippen LogP contribution in [0.15, 0.2) is 42.6 Å². The van der Waals surface area contributed by atoms with E-state index in [1.807, 2.05) is 18.3 Å². The van der Waals surface area contributed by atoms with E-state index in [0.29, 0.717) is 0 Å². The van der Waals surface area contributed by atoms with Crippen molar-refractivity contribution in [1.82, 2.24) is 4.98 Å². The van der Waals surface area contributed by atoms with Gasteiger partial charge in [0, 0.05) is 11.8 Å². The fourth-order valence-corrected chi connectivity index (χ4v) is 3.35. The van der Waals surface area contributed by atoms with E-state index in [4.69, 9.17) is 9.47 Å². The first kappa shape index (κ1) is 16.7. The number of pyridine rings is 1. The van der Waals surface area contributed by atoms with Crippen molar-refractivity contribution in [3.05, 3.63) is 53.9 Å². The Morgan fingerprint density at radius 3 is 2.21 bits per heavy atom. The average molecular weight is 329 g/mol. The van der Waals surface area contributed by atoms with Gasteiger partial charge in [0.05, 0.1) is 19.9 Å². The van der Waals surface area contributed by atoms with E-state index in [0.717, 1.165) is 24.6 Å². The number of rotatable bonds is 6. The lowest BCUT2D eigenvalue weighted by atomic mass is 10.1. The van der Waals surface area contributed by atoms with Gasteiger partial charge in [-0.15, -0.1) is 0 Å². The molecule has 2 aromatic rings. The van der Waals surface area contributed by atoms with Crippen molar-refractivity contribution in [2.24, 2.45) is 0 Å². The van der Waals surface area contributed by atoms with Gasteiger partial charge >= 0.3 is 0 Å². The van der Waals surface area contributed by atoms with E-state index < -0.39 is 0 Å². The second kappa shape index (κ2) is 8.13. The summed E-state index contributed by atoms with van der Waals surface area (Å²) in [5, 5.41) is 0. The molecule has 0 aliphatic carbocycles. The summed E-state index contributed by atoms with van der Waals surface area (Å²) in [4.78, 5) is 7.70. The van der Waals surface area contributed by atoms with E-state index in [1.54, 1.807) is 24.0 Å². The number of hydrogen-bond acceptors (Lipinski definition) is 3. The average Bonchev–Trinajstić information content (AvgIpc) is 2.64. The Kier molecular flexibility index (Phi) is 5.67. The largest absolute Gasteiger partial charge is 0.493 e. The summed E-state index contributed by atoms with van der Waals surface area (Å²) < 4.78 is 10.7. The van der Waals surface area contributed by atoms with Crippen LogP contribution in [0.3, 0.4) is 0 Å². The highest BCUT2D eigenvalue weighted by Crippen LogP contribution is 2.27. The number of ether oxygens (including phenoxy) is 2. The van der Waals surface area contributed by atoms with Crippen LogP contribution in [0.25, 0.3) is 0 Å². The minimum absolute atomic E-state index is 0.792. The normalized spacial score (nSPS) is 20.6. The van der Waals surface area contributed by atoms with E-state index in [9.17, 15) is 0 Å². The zero-order chi connectivity index (χ0) is 16.8. The van der Waals surface area contributed by atoms with Crippen LogP contribution in [0.4, 0.5) is 0 Å². The molecule has 1 aromatic heterocycles. The number of methoxy groups -OCH3 is 2. The minimum Gasteiger partial charge on any atom is -0.493 e. The Morgan fingerprint density at radius 1 is 0.875 bits per heavy atom. The molecule has 0 radical (unpaired) electrons. The summed E-state index contributed by atoms with van der Waals surface area (Å²) in [5.41, 5.74) is 2.49. The molecular formula is C19H27N3O2+2. The Bertz CT molecular complexity index is 640. The summed E-state index contributed by atoms with van der Waals surface area (Å²) in [6.07, 6.45) is 1.88. The molecule has 128 valence electrons. The molecule has 0 atom stereocenters. The van der Waals surface area contributed by atoms with Gasteiger partial charge in [0.1, 0.15) is 39.3 Å². The van der Waals surface area contributed by atoms with Crippen molar-refractivity contribution in [1.29, 1.82) is 0 Å². The smallest absolute Gasteiger partial charge is 0.161 e. The number of hydrogen-bond donors (Lipinski definition) is 2. The van der Waals surface area contributed by atoms with Crippen LogP contribution >= 0.6 is 0 Å². The molecule has 5 nitrogen and oxygen atoms in total. The maximum Gasteiger partial charge on any atom is 0.161 e. The highest BCUT2D eigenvalue weighted by Gasteiger charge is 2.23. The van der Waals surface area contributed by atoms with Gasteiger partial charge in [0.15, 0.2) is 11.5 Å². The standard InChI is InChI=1S/C19H25N3O2/c1-23-18-7-6-16(13-19(18)24-2)14-21-9-11-22(12-10-21)15-17-5-3-4-8-20-17/h3-8,13H,9-12,14-15H2,1-2H3/p+2. The molecule has 0 unspecified atom stereocenters. The molecule has 2 heterocycles. The molecule has 5 heteroatoms. The first-order valence-electron chi connectivity index (χ1n) is 8.56.